The van der Waals surface area contributed by atoms with Crippen LogP contribution in [0.3, 0.4) is 0 Å². The molecule has 29 heavy (non-hydrogen) atoms. The lowest BCUT2D eigenvalue weighted by Gasteiger charge is -2.26. The van der Waals surface area contributed by atoms with Gasteiger partial charge in [-0.1, -0.05) is 19.9 Å². The van der Waals surface area contributed by atoms with Crippen LogP contribution < -0.4 is 10.9 Å². The van der Waals surface area contributed by atoms with Crippen LogP contribution in [0.2, 0.25) is 0 Å². The van der Waals surface area contributed by atoms with E-state index < -0.39 is 17.2 Å². The van der Waals surface area contributed by atoms with Crippen molar-refractivity contribution in [2.75, 3.05) is 5.32 Å². The van der Waals surface area contributed by atoms with Gasteiger partial charge in [-0.2, -0.15) is 0 Å². The molecule has 2 aromatic heterocycles. The maximum Gasteiger partial charge on any atom is 0.270 e. The molecule has 1 aliphatic heterocycles. The molecule has 148 valence electrons. The number of nitrogens with one attached hydrogen (secondary N) is 2. The number of carbonyl (C=O) groups is 1. The van der Waals surface area contributed by atoms with Gasteiger partial charge in [0.1, 0.15) is 17.4 Å². The second kappa shape index (κ2) is 5.83. The minimum atomic E-state index is -0.574. The van der Waals surface area contributed by atoms with Crippen LogP contribution in [0.4, 0.5) is 10.2 Å². The number of hydrogen-bond donors (Lipinski definition) is 2. The van der Waals surface area contributed by atoms with Crippen LogP contribution in [0.5, 0.6) is 0 Å². The Bertz CT molecular complexity index is 1240. The van der Waals surface area contributed by atoms with Crippen molar-refractivity contribution >= 4 is 11.6 Å². The quantitative estimate of drug-likeness (QED) is 0.692. The van der Waals surface area contributed by atoms with E-state index in [1.807, 2.05) is 13.8 Å². The second-order valence-electron chi connectivity index (χ2n) is 8.32. The number of ketones is 1. The molecule has 0 radical (unpaired) electrons. The van der Waals surface area contributed by atoms with E-state index >= 15 is 0 Å². The molecule has 0 bridgehead atoms. The van der Waals surface area contributed by atoms with Crippen molar-refractivity contribution < 1.29 is 13.6 Å². The fraction of sp³-hybridized carbons (Fsp3) is 0.273. The smallest absolute Gasteiger partial charge is 0.270 e. The van der Waals surface area contributed by atoms with Crippen LogP contribution in [-0.4, -0.2) is 15.6 Å². The molecule has 3 aromatic rings. The molecule has 0 saturated heterocycles. The first-order chi connectivity index (χ1) is 13.8. The first-order valence-corrected chi connectivity index (χ1v) is 9.45. The molecule has 1 atom stereocenters. The van der Waals surface area contributed by atoms with Crippen LogP contribution in [-0.2, 0) is 11.8 Å². The summed E-state index contributed by atoms with van der Waals surface area (Å²) in [6.45, 7) is 3.81. The van der Waals surface area contributed by atoms with E-state index in [9.17, 15) is 14.0 Å². The summed E-state index contributed by atoms with van der Waals surface area (Å²) in [7, 11) is 1.75. The highest BCUT2D eigenvalue weighted by molar-refractivity contribution is 6.06. The van der Waals surface area contributed by atoms with E-state index in [1.165, 1.54) is 12.3 Å². The Labute approximate surface area is 166 Å². The van der Waals surface area contributed by atoms with Gasteiger partial charge in [0.25, 0.3) is 5.56 Å². The molecular formula is C22H20FN3O3. The average Bonchev–Trinajstić information content (AvgIpc) is 3.34. The maximum atomic E-state index is 14.5. The van der Waals surface area contributed by atoms with Gasteiger partial charge in [-0.15, -0.1) is 0 Å². The molecule has 0 spiro atoms. The van der Waals surface area contributed by atoms with Crippen molar-refractivity contribution in [3.8, 4) is 11.3 Å². The number of aromatic amines is 1. The van der Waals surface area contributed by atoms with Crippen molar-refractivity contribution in [2.24, 2.45) is 12.5 Å². The average molecular weight is 393 g/mol. The van der Waals surface area contributed by atoms with Gasteiger partial charge in [0.2, 0.25) is 0 Å². The largest absolute Gasteiger partial charge is 0.464 e. The summed E-state index contributed by atoms with van der Waals surface area (Å²) >= 11 is 0. The van der Waals surface area contributed by atoms with Gasteiger partial charge in [0.05, 0.1) is 17.4 Å². The third kappa shape index (κ3) is 2.46. The third-order valence-corrected chi connectivity index (χ3v) is 5.86. The highest BCUT2D eigenvalue weighted by Crippen LogP contribution is 2.50. The number of allylic oxidation sites excluding steroid dienone is 2. The number of aromatic nitrogens is 2. The molecule has 2 aliphatic rings. The Hall–Kier alpha value is -3.35. The van der Waals surface area contributed by atoms with Crippen molar-refractivity contribution in [2.45, 2.75) is 26.2 Å². The molecular weight excluding hydrogens is 373 g/mol. The zero-order chi connectivity index (χ0) is 20.5. The number of halogens is 1. The Balaban J connectivity index is 1.76. The molecule has 3 heterocycles. The minimum absolute atomic E-state index is 0.00257. The second-order valence-corrected chi connectivity index (χ2v) is 8.32. The molecule has 6 nitrogen and oxygen atoms in total. The van der Waals surface area contributed by atoms with Gasteiger partial charge in [-0.3, -0.25) is 19.4 Å². The Morgan fingerprint density at radius 1 is 1.24 bits per heavy atom. The molecule has 1 unspecified atom stereocenters. The number of benzene rings is 1. The fourth-order valence-corrected chi connectivity index (χ4v) is 4.48. The van der Waals surface area contributed by atoms with E-state index in [4.69, 9.17) is 4.42 Å². The van der Waals surface area contributed by atoms with Crippen LogP contribution in [0.1, 0.15) is 37.3 Å². The Morgan fingerprint density at radius 2 is 2.03 bits per heavy atom. The van der Waals surface area contributed by atoms with Gasteiger partial charge >= 0.3 is 0 Å². The summed E-state index contributed by atoms with van der Waals surface area (Å²) in [6.07, 6.45) is 2.04. The number of hydrogen-bond acceptors (Lipinski definition) is 4. The number of nitrogens with zero attached hydrogens (tertiary/aromatic N) is 1. The molecule has 2 N–H and O–H groups in total. The topological polar surface area (TPSA) is 80.0 Å². The van der Waals surface area contributed by atoms with Gasteiger partial charge in [0.15, 0.2) is 5.78 Å². The van der Waals surface area contributed by atoms with Crippen molar-refractivity contribution in [3.63, 3.8) is 0 Å². The summed E-state index contributed by atoms with van der Waals surface area (Å²) < 4.78 is 21.5. The highest BCUT2D eigenvalue weighted by Gasteiger charge is 2.47. The van der Waals surface area contributed by atoms with Crippen LogP contribution in [0, 0.1) is 11.2 Å². The Kier molecular flexibility index (Phi) is 3.56. The highest BCUT2D eigenvalue weighted by atomic mass is 19.1. The van der Waals surface area contributed by atoms with Gasteiger partial charge < -0.3 is 9.73 Å². The summed E-state index contributed by atoms with van der Waals surface area (Å²) in [5.41, 5.74) is 2.01. The van der Waals surface area contributed by atoms with E-state index in [1.54, 1.807) is 36.0 Å². The van der Waals surface area contributed by atoms with Crippen LogP contribution in [0.15, 0.2) is 57.1 Å². The fourth-order valence-electron chi connectivity index (χ4n) is 4.48. The summed E-state index contributed by atoms with van der Waals surface area (Å²) in [6, 6.07) is 8.03. The molecule has 0 fully saturated rings. The van der Waals surface area contributed by atoms with E-state index in [0.29, 0.717) is 40.3 Å². The number of fused-ring (bicyclic) bond motifs is 1. The number of carbonyl (C=O) groups excluding carboxylic acids is 1. The number of furan rings is 1. The molecule has 1 aliphatic carbocycles. The van der Waals surface area contributed by atoms with Gasteiger partial charge in [-0.25, -0.2) is 4.39 Å². The summed E-state index contributed by atoms with van der Waals surface area (Å²) in [5.74, 6) is 0.0329. The number of Topliss-reactive ketones (excluding diaryl/α,β-unsaturated/α-hetero) is 1. The number of H-pyrrole nitrogens is 1. The van der Waals surface area contributed by atoms with Gasteiger partial charge in [-0.05, 0) is 29.8 Å². The van der Waals surface area contributed by atoms with Crippen molar-refractivity contribution in [1.82, 2.24) is 9.78 Å². The summed E-state index contributed by atoms with van der Waals surface area (Å²) in [5, 5.41) is 6.05. The SMILES string of the molecule is Cn1[nH]c(=O)c2c1NC1=C(C(=O)C(C)(C)C1)C2c1ccc(F)c(-c2ccco2)c1. The Morgan fingerprint density at radius 3 is 2.76 bits per heavy atom. The standard InChI is InChI=1S/C22H20FN3O3/c1-22(2)10-14-17(19(22)27)16(18-20(24-14)26(3)25-21(18)28)11-6-7-13(23)12(9-11)15-5-4-8-29-15/h4-9,16,24H,10H2,1-3H3,(H,25,28). The minimum Gasteiger partial charge on any atom is -0.464 e. The predicted molar refractivity (Wildman–Crippen MR) is 106 cm³/mol. The first-order valence-electron chi connectivity index (χ1n) is 9.45. The molecule has 5 rings (SSSR count). The number of aryl methyl sites for hydroxylation is 1. The zero-order valence-electron chi connectivity index (χ0n) is 16.3. The lowest BCUT2D eigenvalue weighted by Crippen LogP contribution is -2.26. The molecule has 0 saturated carbocycles. The van der Waals surface area contributed by atoms with E-state index in [-0.39, 0.29) is 11.3 Å². The van der Waals surface area contributed by atoms with E-state index in [0.717, 1.165) is 5.70 Å². The maximum absolute atomic E-state index is 14.5. The molecule has 7 heteroatoms. The lowest BCUT2D eigenvalue weighted by molar-refractivity contribution is -0.122. The van der Waals surface area contributed by atoms with Gasteiger partial charge in [0, 0.05) is 36.1 Å². The van der Waals surface area contributed by atoms with Crippen molar-refractivity contribution in [3.05, 3.63) is 75.2 Å². The number of anilines is 1. The third-order valence-electron chi connectivity index (χ3n) is 5.86. The predicted octanol–water partition coefficient (Wildman–Crippen LogP) is 3.92. The van der Waals surface area contributed by atoms with Crippen LogP contribution >= 0.6 is 0 Å². The zero-order valence-corrected chi connectivity index (χ0v) is 16.3. The normalized spacial score (nSPS) is 19.9. The lowest BCUT2D eigenvalue weighted by atomic mass is 9.79. The molecule has 1 aromatic carbocycles. The summed E-state index contributed by atoms with van der Waals surface area (Å²) in [4.78, 5) is 26.0. The monoisotopic (exact) mass is 393 g/mol. The number of rotatable bonds is 2. The molecule has 0 amide bonds. The van der Waals surface area contributed by atoms with E-state index in [2.05, 4.69) is 10.4 Å². The first kappa shape index (κ1) is 17.7. The van der Waals surface area contributed by atoms with Crippen molar-refractivity contribution in [1.29, 1.82) is 0 Å². The van der Waals surface area contributed by atoms with Crippen LogP contribution in [0.25, 0.3) is 11.3 Å².